The van der Waals surface area contributed by atoms with Crippen LogP contribution in [0.5, 0.6) is 5.75 Å². The highest BCUT2D eigenvalue weighted by molar-refractivity contribution is 6.03. The van der Waals surface area contributed by atoms with Crippen LogP contribution in [0, 0.1) is 0 Å². The minimum absolute atomic E-state index is 0.0324. The molecule has 8 heteroatoms. The number of hydrogen-bond acceptors (Lipinski definition) is 4. The van der Waals surface area contributed by atoms with E-state index in [1.165, 1.54) is 0 Å². The second-order valence-electron chi connectivity index (χ2n) is 10.1. The summed E-state index contributed by atoms with van der Waals surface area (Å²) < 4.78 is 5.93. The molecule has 5 rings (SSSR count). The van der Waals surface area contributed by atoms with Gasteiger partial charge in [0.05, 0.1) is 5.69 Å². The summed E-state index contributed by atoms with van der Waals surface area (Å²) in [7, 11) is 0. The van der Waals surface area contributed by atoms with Gasteiger partial charge in [-0.15, -0.1) is 0 Å². The molecular formula is C36H33N5O3. The third kappa shape index (κ3) is 7.89. The van der Waals surface area contributed by atoms with Crippen molar-refractivity contribution in [3.05, 3.63) is 156 Å². The fourth-order valence-electron chi connectivity index (χ4n) is 4.69. The smallest absolute Gasteiger partial charge is 0.252 e. The zero-order valence-corrected chi connectivity index (χ0v) is 24.0. The van der Waals surface area contributed by atoms with E-state index in [4.69, 9.17) is 16.2 Å². The predicted molar refractivity (Wildman–Crippen MR) is 173 cm³/mol. The molecule has 0 fully saturated rings. The van der Waals surface area contributed by atoms with Crippen molar-refractivity contribution in [2.45, 2.75) is 19.2 Å². The van der Waals surface area contributed by atoms with E-state index >= 15 is 0 Å². The van der Waals surface area contributed by atoms with Gasteiger partial charge in [-0.2, -0.15) is 0 Å². The van der Waals surface area contributed by atoms with Gasteiger partial charge < -0.3 is 26.8 Å². The van der Waals surface area contributed by atoms with Gasteiger partial charge in [-0.05, 0) is 58.1 Å². The van der Waals surface area contributed by atoms with E-state index in [0.717, 1.165) is 22.3 Å². The van der Waals surface area contributed by atoms with Crippen molar-refractivity contribution < 1.29 is 14.3 Å². The Morgan fingerprint density at radius 1 is 0.705 bits per heavy atom. The lowest BCUT2D eigenvalue weighted by atomic mass is 9.98. The molecule has 0 spiro atoms. The minimum Gasteiger partial charge on any atom is -0.489 e. The molecule has 5 aromatic rings. The zero-order valence-electron chi connectivity index (χ0n) is 24.0. The molecular weight excluding hydrogens is 550 g/mol. The van der Waals surface area contributed by atoms with Crippen LogP contribution in [0.15, 0.2) is 138 Å². The van der Waals surface area contributed by atoms with Crippen molar-refractivity contribution in [1.29, 1.82) is 0 Å². The highest BCUT2D eigenvalue weighted by atomic mass is 16.5. The van der Waals surface area contributed by atoms with Crippen molar-refractivity contribution >= 4 is 23.5 Å². The fraction of sp³-hybridized carbons (Fsp3) is 0.0833. The van der Waals surface area contributed by atoms with Gasteiger partial charge in [0.15, 0.2) is 5.96 Å². The Kier molecular flexibility index (Phi) is 9.64. The first-order valence-electron chi connectivity index (χ1n) is 14.1. The van der Waals surface area contributed by atoms with Gasteiger partial charge in [-0.3, -0.25) is 9.59 Å². The topological polar surface area (TPSA) is 132 Å². The van der Waals surface area contributed by atoms with Crippen molar-refractivity contribution in [3.63, 3.8) is 0 Å². The molecule has 0 aliphatic carbocycles. The molecule has 5 aromatic carbocycles. The lowest BCUT2D eigenvalue weighted by Crippen LogP contribution is -2.40. The molecule has 1 atom stereocenters. The Hall–Kier alpha value is -5.89. The summed E-state index contributed by atoms with van der Waals surface area (Å²) >= 11 is 0. The number of ether oxygens (including phenoxy) is 1. The summed E-state index contributed by atoms with van der Waals surface area (Å²) in [5.74, 6) is -0.106. The summed E-state index contributed by atoms with van der Waals surface area (Å²) in [5, 5.41) is 5.92. The maximum atomic E-state index is 13.7. The van der Waals surface area contributed by atoms with E-state index in [0.29, 0.717) is 29.2 Å². The molecule has 0 aliphatic heterocycles. The highest BCUT2D eigenvalue weighted by Gasteiger charge is 2.25. The van der Waals surface area contributed by atoms with E-state index in [1.807, 2.05) is 84.9 Å². The Morgan fingerprint density at radius 3 is 2.02 bits per heavy atom. The number of benzene rings is 5. The van der Waals surface area contributed by atoms with Gasteiger partial charge >= 0.3 is 0 Å². The second-order valence-corrected chi connectivity index (χ2v) is 10.1. The summed E-state index contributed by atoms with van der Waals surface area (Å²) in [6, 6.07) is 40.2. The normalized spacial score (nSPS) is 11.2. The summed E-state index contributed by atoms with van der Waals surface area (Å²) in [4.78, 5) is 31.4. The van der Waals surface area contributed by atoms with E-state index < -0.39 is 6.04 Å². The van der Waals surface area contributed by atoms with Crippen LogP contribution < -0.4 is 26.8 Å². The van der Waals surface area contributed by atoms with Gasteiger partial charge in [0, 0.05) is 12.1 Å². The predicted octanol–water partition coefficient (Wildman–Crippen LogP) is 5.63. The molecule has 6 N–H and O–H groups in total. The van der Waals surface area contributed by atoms with Crippen molar-refractivity contribution in [1.82, 2.24) is 10.6 Å². The Labute approximate surface area is 256 Å². The first kappa shape index (κ1) is 29.6. The third-order valence-electron chi connectivity index (χ3n) is 6.92. The number of nitrogens with one attached hydrogen (secondary N) is 2. The van der Waals surface area contributed by atoms with E-state index in [-0.39, 0.29) is 24.3 Å². The average molecular weight is 584 g/mol. The van der Waals surface area contributed by atoms with Gasteiger partial charge in [0.25, 0.3) is 5.91 Å². The lowest BCUT2D eigenvalue weighted by molar-refractivity contribution is -0.123. The van der Waals surface area contributed by atoms with Crippen LogP contribution in [-0.4, -0.2) is 17.8 Å². The van der Waals surface area contributed by atoms with Crippen LogP contribution in [0.2, 0.25) is 0 Å². The molecule has 0 saturated heterocycles. The first-order valence-corrected chi connectivity index (χ1v) is 14.1. The summed E-state index contributed by atoms with van der Waals surface area (Å²) in [6.07, 6.45) is 0. The first-order chi connectivity index (χ1) is 21.5. The van der Waals surface area contributed by atoms with Crippen LogP contribution in [0.25, 0.3) is 11.1 Å². The molecule has 0 unspecified atom stereocenters. The quantitative estimate of drug-likeness (QED) is 0.118. The van der Waals surface area contributed by atoms with Gasteiger partial charge in [0.1, 0.15) is 18.4 Å². The van der Waals surface area contributed by atoms with E-state index in [9.17, 15) is 9.59 Å². The molecule has 0 bridgehead atoms. The van der Waals surface area contributed by atoms with Crippen LogP contribution in [-0.2, 0) is 17.9 Å². The minimum atomic E-state index is -0.963. The number of hydrogen-bond donors (Lipinski definition) is 4. The maximum absolute atomic E-state index is 13.7. The van der Waals surface area contributed by atoms with Crippen LogP contribution in [0.3, 0.4) is 0 Å². The van der Waals surface area contributed by atoms with Gasteiger partial charge in [0.2, 0.25) is 5.91 Å². The lowest BCUT2D eigenvalue weighted by Gasteiger charge is -2.20. The monoisotopic (exact) mass is 583 g/mol. The molecule has 8 nitrogen and oxygen atoms in total. The SMILES string of the molecule is NC(N)=Nc1ccc(CNC(=O)[C@@H](NC(=O)c2ccccc2-c2ccccc2)c2ccc(OCc3ccccc3)cc2)cc1. The molecule has 0 heterocycles. The van der Waals surface area contributed by atoms with Crippen LogP contribution in [0.4, 0.5) is 5.69 Å². The fourth-order valence-corrected chi connectivity index (χ4v) is 4.69. The average Bonchev–Trinajstić information content (AvgIpc) is 3.06. The maximum Gasteiger partial charge on any atom is 0.252 e. The van der Waals surface area contributed by atoms with Crippen molar-refractivity contribution in [2.75, 3.05) is 0 Å². The number of nitrogens with zero attached hydrogens (tertiary/aromatic N) is 1. The molecule has 0 aromatic heterocycles. The summed E-state index contributed by atoms with van der Waals surface area (Å²) in [6.45, 7) is 0.658. The van der Waals surface area contributed by atoms with Crippen molar-refractivity contribution in [3.8, 4) is 16.9 Å². The number of rotatable bonds is 11. The summed E-state index contributed by atoms with van der Waals surface area (Å²) in [5.41, 5.74) is 16.2. The molecule has 0 saturated carbocycles. The number of guanidine groups is 1. The van der Waals surface area contributed by atoms with Gasteiger partial charge in [-0.25, -0.2) is 4.99 Å². The number of carbonyl (C=O) groups excluding carboxylic acids is 2. The largest absolute Gasteiger partial charge is 0.489 e. The second kappa shape index (κ2) is 14.3. The molecule has 0 aliphatic rings. The molecule has 220 valence electrons. The van der Waals surface area contributed by atoms with Crippen LogP contribution in [0.1, 0.15) is 33.1 Å². The number of carbonyl (C=O) groups is 2. The Morgan fingerprint density at radius 2 is 1.34 bits per heavy atom. The molecule has 0 radical (unpaired) electrons. The van der Waals surface area contributed by atoms with E-state index in [1.54, 1.807) is 48.5 Å². The third-order valence-corrected chi connectivity index (χ3v) is 6.92. The highest BCUT2D eigenvalue weighted by Crippen LogP contribution is 2.25. The zero-order chi connectivity index (χ0) is 30.7. The standard InChI is InChI=1S/C36H33N5O3/c37-36(38)40-29-19-15-25(16-20-29)23-39-35(43)33(28-17-21-30(22-18-28)44-24-26-9-3-1-4-10-26)41-34(42)32-14-8-7-13-31(32)27-11-5-2-6-12-27/h1-22,33H,23-24H2,(H,39,43)(H,41,42)(H4,37,38,40)/t33-/m0/s1. The van der Waals surface area contributed by atoms with Crippen molar-refractivity contribution in [2.24, 2.45) is 16.5 Å². The molecule has 2 amide bonds. The Balaban J connectivity index is 1.36. The van der Waals surface area contributed by atoms with Crippen LogP contribution >= 0.6 is 0 Å². The molecule has 44 heavy (non-hydrogen) atoms. The van der Waals surface area contributed by atoms with E-state index in [2.05, 4.69) is 15.6 Å². The number of amides is 2. The van der Waals surface area contributed by atoms with Gasteiger partial charge in [-0.1, -0.05) is 103 Å². The number of nitrogens with two attached hydrogens (primary N) is 2. The Bertz CT molecular complexity index is 1720. The number of aliphatic imine (C=N–C) groups is 1.